The smallest absolute Gasteiger partial charge is 0.282 e. The van der Waals surface area contributed by atoms with Crippen molar-refractivity contribution in [1.29, 1.82) is 0 Å². The van der Waals surface area contributed by atoms with Crippen LogP contribution in [0.1, 0.15) is 18.9 Å². The van der Waals surface area contributed by atoms with E-state index in [0.29, 0.717) is 0 Å². The Morgan fingerprint density at radius 3 is 2.53 bits per heavy atom. The van der Waals surface area contributed by atoms with E-state index in [-0.39, 0.29) is 6.04 Å². The van der Waals surface area contributed by atoms with Crippen molar-refractivity contribution in [1.82, 2.24) is 5.32 Å². The standard InChI is InChI=1S/C13H19F2NO/c1-11(16-9-13(14,15)10-17)7-8-12-5-3-2-4-6-12/h2-6,11,16-17H,7-10H2,1H3. The van der Waals surface area contributed by atoms with Crippen molar-refractivity contribution < 1.29 is 13.9 Å². The molecule has 0 saturated carbocycles. The summed E-state index contributed by atoms with van der Waals surface area (Å²) < 4.78 is 25.5. The lowest BCUT2D eigenvalue weighted by Gasteiger charge is -2.18. The largest absolute Gasteiger partial charge is 0.390 e. The van der Waals surface area contributed by atoms with E-state index >= 15 is 0 Å². The molecule has 96 valence electrons. The molecule has 0 amide bonds. The maximum absolute atomic E-state index is 12.8. The van der Waals surface area contributed by atoms with E-state index in [4.69, 9.17) is 5.11 Å². The second-order valence-corrected chi connectivity index (χ2v) is 4.32. The predicted octanol–water partition coefficient (Wildman–Crippen LogP) is 2.22. The molecule has 0 aliphatic carbocycles. The van der Waals surface area contributed by atoms with Crippen LogP contribution in [-0.2, 0) is 6.42 Å². The number of benzene rings is 1. The van der Waals surface area contributed by atoms with Gasteiger partial charge in [0.05, 0.1) is 6.54 Å². The van der Waals surface area contributed by atoms with Crippen molar-refractivity contribution >= 4 is 0 Å². The first-order valence-corrected chi connectivity index (χ1v) is 5.79. The summed E-state index contributed by atoms with van der Waals surface area (Å²) >= 11 is 0. The molecule has 0 saturated heterocycles. The van der Waals surface area contributed by atoms with Crippen LogP contribution in [-0.4, -0.2) is 30.2 Å². The van der Waals surface area contributed by atoms with E-state index in [1.54, 1.807) is 0 Å². The highest BCUT2D eigenvalue weighted by molar-refractivity contribution is 5.14. The Kier molecular flexibility index (Phi) is 5.51. The van der Waals surface area contributed by atoms with E-state index in [2.05, 4.69) is 5.32 Å². The summed E-state index contributed by atoms with van der Waals surface area (Å²) in [4.78, 5) is 0. The van der Waals surface area contributed by atoms with Crippen LogP contribution in [0.4, 0.5) is 8.78 Å². The van der Waals surface area contributed by atoms with Crippen molar-refractivity contribution in [2.24, 2.45) is 0 Å². The molecule has 0 bridgehead atoms. The molecule has 0 fully saturated rings. The van der Waals surface area contributed by atoms with Gasteiger partial charge in [-0.25, -0.2) is 8.78 Å². The number of nitrogens with one attached hydrogen (secondary N) is 1. The summed E-state index contributed by atoms with van der Waals surface area (Å²) in [5.41, 5.74) is 1.20. The summed E-state index contributed by atoms with van der Waals surface area (Å²) in [6, 6.07) is 9.94. The molecule has 0 radical (unpaired) electrons. The third kappa shape index (κ3) is 5.75. The van der Waals surface area contributed by atoms with Crippen LogP contribution in [0.2, 0.25) is 0 Å². The van der Waals surface area contributed by atoms with Crippen molar-refractivity contribution in [3.63, 3.8) is 0 Å². The highest BCUT2D eigenvalue weighted by Crippen LogP contribution is 2.11. The van der Waals surface area contributed by atoms with Gasteiger partial charge in [-0.15, -0.1) is 0 Å². The predicted molar refractivity (Wildman–Crippen MR) is 64.3 cm³/mol. The molecule has 1 aromatic carbocycles. The van der Waals surface area contributed by atoms with Gasteiger partial charge in [0.25, 0.3) is 5.92 Å². The zero-order chi connectivity index (χ0) is 12.7. The molecule has 1 atom stereocenters. The Hall–Kier alpha value is -1.00. The van der Waals surface area contributed by atoms with Gasteiger partial charge in [0.15, 0.2) is 0 Å². The molecule has 1 unspecified atom stereocenters. The Balaban J connectivity index is 2.24. The third-order valence-electron chi connectivity index (χ3n) is 2.65. The first-order valence-electron chi connectivity index (χ1n) is 5.79. The number of aliphatic hydroxyl groups excluding tert-OH is 1. The molecule has 0 aliphatic rings. The molecule has 2 nitrogen and oxygen atoms in total. The summed E-state index contributed by atoms with van der Waals surface area (Å²) in [6.45, 7) is 0.293. The lowest BCUT2D eigenvalue weighted by molar-refractivity contribution is -0.0491. The van der Waals surface area contributed by atoms with Crippen LogP contribution < -0.4 is 5.32 Å². The first kappa shape index (κ1) is 14.1. The number of rotatable bonds is 7. The van der Waals surface area contributed by atoms with Gasteiger partial charge in [-0.2, -0.15) is 0 Å². The number of hydrogen-bond acceptors (Lipinski definition) is 2. The fourth-order valence-electron chi connectivity index (χ4n) is 1.51. The Morgan fingerprint density at radius 2 is 1.94 bits per heavy atom. The lowest BCUT2D eigenvalue weighted by atomic mass is 10.1. The molecule has 0 spiro atoms. The number of halogens is 2. The van der Waals surface area contributed by atoms with Crippen LogP contribution in [0, 0.1) is 0 Å². The van der Waals surface area contributed by atoms with Crippen LogP contribution in [0.5, 0.6) is 0 Å². The molecule has 2 N–H and O–H groups in total. The van der Waals surface area contributed by atoms with Crippen LogP contribution in [0.25, 0.3) is 0 Å². The summed E-state index contributed by atoms with van der Waals surface area (Å²) in [5.74, 6) is -3.03. The molecular weight excluding hydrogens is 224 g/mol. The molecule has 0 aromatic heterocycles. The minimum absolute atomic E-state index is 0.00707. The molecule has 1 aromatic rings. The second-order valence-electron chi connectivity index (χ2n) is 4.32. The number of hydrogen-bond donors (Lipinski definition) is 2. The van der Waals surface area contributed by atoms with Gasteiger partial charge in [-0.3, -0.25) is 0 Å². The topological polar surface area (TPSA) is 32.3 Å². The monoisotopic (exact) mass is 243 g/mol. The summed E-state index contributed by atoms with van der Waals surface area (Å²) in [7, 11) is 0. The van der Waals surface area contributed by atoms with E-state index in [1.807, 2.05) is 37.3 Å². The Labute approximate surface area is 101 Å². The average molecular weight is 243 g/mol. The van der Waals surface area contributed by atoms with E-state index in [1.165, 1.54) is 5.56 Å². The zero-order valence-electron chi connectivity index (χ0n) is 10.00. The first-order chi connectivity index (χ1) is 8.03. The van der Waals surface area contributed by atoms with Gasteiger partial charge in [-0.05, 0) is 25.3 Å². The normalized spacial score (nSPS) is 13.6. The molecule has 0 heterocycles. The van der Waals surface area contributed by atoms with Gasteiger partial charge in [0, 0.05) is 6.04 Å². The van der Waals surface area contributed by atoms with E-state index in [9.17, 15) is 8.78 Å². The highest BCUT2D eigenvalue weighted by atomic mass is 19.3. The van der Waals surface area contributed by atoms with Crippen molar-refractivity contribution in [2.45, 2.75) is 31.7 Å². The molecule has 0 aliphatic heterocycles. The van der Waals surface area contributed by atoms with Gasteiger partial charge in [0.1, 0.15) is 6.61 Å². The lowest BCUT2D eigenvalue weighted by Crippen LogP contribution is -2.40. The minimum atomic E-state index is -3.03. The number of aliphatic hydroxyl groups is 1. The van der Waals surface area contributed by atoms with E-state index < -0.39 is 19.1 Å². The van der Waals surface area contributed by atoms with Crippen molar-refractivity contribution in [3.8, 4) is 0 Å². The number of aryl methyl sites for hydroxylation is 1. The van der Waals surface area contributed by atoms with Gasteiger partial charge in [0.2, 0.25) is 0 Å². The molecule has 1 rings (SSSR count). The second kappa shape index (κ2) is 6.67. The Bertz CT molecular complexity index is 316. The number of alkyl halides is 2. The van der Waals surface area contributed by atoms with Crippen LogP contribution in [0.3, 0.4) is 0 Å². The molecule has 17 heavy (non-hydrogen) atoms. The maximum Gasteiger partial charge on any atom is 0.282 e. The van der Waals surface area contributed by atoms with Gasteiger partial charge in [-0.1, -0.05) is 30.3 Å². The fourth-order valence-corrected chi connectivity index (χ4v) is 1.51. The van der Waals surface area contributed by atoms with Crippen molar-refractivity contribution in [3.05, 3.63) is 35.9 Å². The van der Waals surface area contributed by atoms with E-state index in [0.717, 1.165) is 12.8 Å². The Morgan fingerprint density at radius 1 is 1.29 bits per heavy atom. The molecular formula is C13H19F2NO. The average Bonchev–Trinajstić information content (AvgIpc) is 2.35. The minimum Gasteiger partial charge on any atom is -0.390 e. The maximum atomic E-state index is 12.8. The fraction of sp³-hybridized carbons (Fsp3) is 0.538. The zero-order valence-corrected chi connectivity index (χ0v) is 10.00. The van der Waals surface area contributed by atoms with Gasteiger partial charge >= 0.3 is 0 Å². The SMILES string of the molecule is CC(CCc1ccccc1)NCC(F)(F)CO. The third-order valence-corrected chi connectivity index (χ3v) is 2.65. The van der Waals surface area contributed by atoms with Gasteiger partial charge < -0.3 is 10.4 Å². The van der Waals surface area contributed by atoms with Crippen molar-refractivity contribution in [2.75, 3.05) is 13.2 Å². The quantitative estimate of drug-likeness (QED) is 0.769. The summed E-state index contributed by atoms with van der Waals surface area (Å²) in [5, 5.41) is 11.2. The molecule has 4 heteroatoms. The van der Waals surface area contributed by atoms with Crippen LogP contribution in [0.15, 0.2) is 30.3 Å². The van der Waals surface area contributed by atoms with Crippen LogP contribution >= 0.6 is 0 Å². The summed E-state index contributed by atoms with van der Waals surface area (Å²) in [6.07, 6.45) is 1.66. The highest BCUT2D eigenvalue weighted by Gasteiger charge is 2.27.